The van der Waals surface area contributed by atoms with E-state index in [4.69, 9.17) is 10.5 Å². The third-order valence-corrected chi connectivity index (χ3v) is 4.58. The Hall–Kier alpha value is -1.55. The normalized spacial score (nSPS) is 23.5. The van der Waals surface area contributed by atoms with E-state index in [1.807, 2.05) is 23.1 Å². The second-order valence-corrected chi connectivity index (χ2v) is 6.09. The van der Waals surface area contributed by atoms with Crippen molar-refractivity contribution in [1.82, 2.24) is 4.90 Å². The second-order valence-electron chi connectivity index (χ2n) is 6.09. The third-order valence-electron chi connectivity index (χ3n) is 4.58. The molecule has 0 unspecified atom stereocenters. The minimum absolute atomic E-state index is 0.102. The predicted molar refractivity (Wildman–Crippen MR) is 71.2 cm³/mol. The van der Waals surface area contributed by atoms with Crippen molar-refractivity contribution in [2.75, 3.05) is 19.7 Å². The molecule has 0 spiro atoms. The Kier molecular flexibility index (Phi) is 2.22. The van der Waals surface area contributed by atoms with Gasteiger partial charge in [0.1, 0.15) is 5.75 Å². The smallest absolute Gasteiger partial charge is 0.253 e. The summed E-state index contributed by atoms with van der Waals surface area (Å²) in [4.78, 5) is 14.3. The number of nitrogens with zero attached hydrogens (tertiary/aromatic N) is 1. The van der Waals surface area contributed by atoms with Crippen molar-refractivity contribution < 1.29 is 9.53 Å². The van der Waals surface area contributed by atoms with Gasteiger partial charge >= 0.3 is 0 Å². The molecule has 1 aromatic rings. The highest BCUT2D eigenvalue weighted by Gasteiger charge is 2.51. The Morgan fingerprint density at radius 3 is 2.89 bits per heavy atom. The molecular weight excluding hydrogens is 240 g/mol. The Balaban J connectivity index is 1.49. The van der Waals surface area contributed by atoms with Gasteiger partial charge in [0.25, 0.3) is 5.91 Å². The van der Waals surface area contributed by atoms with E-state index >= 15 is 0 Å². The number of ether oxygens (including phenoxy) is 1. The molecule has 2 heterocycles. The molecule has 1 amide bonds. The van der Waals surface area contributed by atoms with Crippen LogP contribution in [0.1, 0.15) is 28.8 Å². The summed E-state index contributed by atoms with van der Waals surface area (Å²) in [5.74, 6) is 1.67. The van der Waals surface area contributed by atoms with E-state index in [1.165, 1.54) is 12.8 Å². The van der Waals surface area contributed by atoms with Gasteiger partial charge in [-0.15, -0.1) is 0 Å². The average molecular weight is 258 g/mol. The van der Waals surface area contributed by atoms with Gasteiger partial charge in [-0.1, -0.05) is 0 Å². The molecule has 4 rings (SSSR count). The Morgan fingerprint density at radius 1 is 1.37 bits per heavy atom. The summed E-state index contributed by atoms with van der Waals surface area (Å²) in [6.45, 7) is 2.15. The lowest BCUT2D eigenvalue weighted by Gasteiger charge is -2.48. The molecular formula is C15H18N2O2. The van der Waals surface area contributed by atoms with Crippen LogP contribution in [-0.4, -0.2) is 36.0 Å². The first-order valence-corrected chi connectivity index (χ1v) is 7.00. The van der Waals surface area contributed by atoms with E-state index in [0.29, 0.717) is 19.0 Å². The molecule has 1 saturated carbocycles. The van der Waals surface area contributed by atoms with Crippen molar-refractivity contribution in [3.63, 3.8) is 0 Å². The maximum absolute atomic E-state index is 12.4. The van der Waals surface area contributed by atoms with E-state index in [9.17, 15) is 4.79 Å². The average Bonchev–Trinajstić information content (AvgIpc) is 3.12. The molecule has 19 heavy (non-hydrogen) atoms. The van der Waals surface area contributed by atoms with Crippen LogP contribution in [0.2, 0.25) is 0 Å². The van der Waals surface area contributed by atoms with Crippen LogP contribution in [0.25, 0.3) is 0 Å². The van der Waals surface area contributed by atoms with Crippen molar-refractivity contribution in [3.05, 3.63) is 29.3 Å². The quantitative estimate of drug-likeness (QED) is 0.866. The van der Waals surface area contributed by atoms with Crippen LogP contribution in [0.4, 0.5) is 0 Å². The topological polar surface area (TPSA) is 55.6 Å². The van der Waals surface area contributed by atoms with Crippen LogP contribution in [-0.2, 0) is 6.42 Å². The summed E-state index contributed by atoms with van der Waals surface area (Å²) in [6.07, 6.45) is 3.36. The number of carbonyl (C=O) groups is 1. The summed E-state index contributed by atoms with van der Waals surface area (Å²) in [7, 11) is 0. The van der Waals surface area contributed by atoms with Crippen LogP contribution in [0.3, 0.4) is 0 Å². The highest BCUT2D eigenvalue weighted by molar-refractivity contribution is 5.95. The van der Waals surface area contributed by atoms with E-state index in [2.05, 4.69) is 0 Å². The molecule has 4 nitrogen and oxygen atoms in total. The third kappa shape index (κ3) is 1.74. The highest BCUT2D eigenvalue weighted by atomic mass is 16.5. The fourth-order valence-electron chi connectivity index (χ4n) is 3.23. The number of hydrogen-bond acceptors (Lipinski definition) is 3. The molecule has 3 aliphatic rings. The van der Waals surface area contributed by atoms with E-state index in [1.54, 1.807) is 0 Å². The second kappa shape index (κ2) is 3.73. The molecule has 0 bridgehead atoms. The van der Waals surface area contributed by atoms with Gasteiger partial charge < -0.3 is 15.4 Å². The van der Waals surface area contributed by atoms with Crippen LogP contribution >= 0.6 is 0 Å². The zero-order valence-corrected chi connectivity index (χ0v) is 10.9. The lowest BCUT2D eigenvalue weighted by molar-refractivity contribution is 0.0350. The van der Waals surface area contributed by atoms with Crippen molar-refractivity contribution >= 4 is 5.91 Å². The van der Waals surface area contributed by atoms with Gasteiger partial charge in [-0.3, -0.25) is 4.79 Å². The fraction of sp³-hybridized carbons (Fsp3) is 0.533. The van der Waals surface area contributed by atoms with Gasteiger partial charge in [0.15, 0.2) is 0 Å². The maximum Gasteiger partial charge on any atom is 0.253 e. The van der Waals surface area contributed by atoms with Crippen molar-refractivity contribution in [2.24, 2.45) is 11.7 Å². The Bertz CT molecular complexity index is 545. The molecule has 100 valence electrons. The number of fused-ring (bicyclic) bond motifs is 1. The summed E-state index contributed by atoms with van der Waals surface area (Å²) in [5, 5.41) is 0. The van der Waals surface area contributed by atoms with Crippen molar-refractivity contribution in [3.8, 4) is 5.75 Å². The van der Waals surface area contributed by atoms with Gasteiger partial charge in [0.2, 0.25) is 0 Å². The van der Waals surface area contributed by atoms with Crippen molar-refractivity contribution in [1.29, 1.82) is 0 Å². The van der Waals surface area contributed by atoms with E-state index in [-0.39, 0.29) is 11.4 Å². The SMILES string of the molecule is NC1(C2CC2)CN(C(=O)c2ccc3c(c2)CCO3)C1. The van der Waals surface area contributed by atoms with Crippen molar-refractivity contribution in [2.45, 2.75) is 24.8 Å². The summed E-state index contributed by atoms with van der Waals surface area (Å²) >= 11 is 0. The summed E-state index contributed by atoms with van der Waals surface area (Å²) in [5.41, 5.74) is 8.10. The number of carbonyl (C=O) groups excluding carboxylic acids is 1. The molecule has 0 atom stereocenters. The molecule has 0 radical (unpaired) electrons. The number of hydrogen-bond donors (Lipinski definition) is 1. The molecule has 0 aromatic heterocycles. The number of amides is 1. The lowest BCUT2D eigenvalue weighted by atomic mass is 9.85. The minimum atomic E-state index is -0.102. The number of likely N-dealkylation sites (tertiary alicyclic amines) is 1. The van der Waals surface area contributed by atoms with E-state index in [0.717, 1.165) is 29.9 Å². The van der Waals surface area contributed by atoms with Crippen LogP contribution in [0.15, 0.2) is 18.2 Å². The molecule has 2 fully saturated rings. The number of benzene rings is 1. The summed E-state index contributed by atoms with van der Waals surface area (Å²) in [6, 6.07) is 5.74. The molecule has 1 aliphatic carbocycles. The van der Waals surface area contributed by atoms with Gasteiger partial charge in [0.05, 0.1) is 12.1 Å². The predicted octanol–water partition coefficient (Wildman–Crippen LogP) is 1.18. The fourth-order valence-corrected chi connectivity index (χ4v) is 3.23. The van der Waals surface area contributed by atoms with Gasteiger partial charge in [-0.2, -0.15) is 0 Å². The zero-order valence-electron chi connectivity index (χ0n) is 10.9. The molecule has 2 aliphatic heterocycles. The largest absolute Gasteiger partial charge is 0.493 e. The first-order valence-electron chi connectivity index (χ1n) is 7.00. The minimum Gasteiger partial charge on any atom is -0.493 e. The number of rotatable bonds is 2. The van der Waals surface area contributed by atoms with E-state index < -0.39 is 0 Å². The van der Waals surface area contributed by atoms with Crippen LogP contribution < -0.4 is 10.5 Å². The first-order chi connectivity index (χ1) is 9.16. The highest BCUT2D eigenvalue weighted by Crippen LogP contribution is 2.43. The van der Waals surface area contributed by atoms with Gasteiger partial charge in [-0.25, -0.2) is 0 Å². The summed E-state index contributed by atoms with van der Waals surface area (Å²) < 4.78 is 5.46. The number of nitrogens with two attached hydrogens (primary N) is 1. The van der Waals surface area contributed by atoms with Gasteiger partial charge in [0, 0.05) is 25.1 Å². The molecule has 4 heteroatoms. The molecule has 1 saturated heterocycles. The van der Waals surface area contributed by atoms with Crippen LogP contribution in [0, 0.1) is 5.92 Å². The Labute approximate surface area is 112 Å². The molecule has 1 aromatic carbocycles. The monoisotopic (exact) mass is 258 g/mol. The standard InChI is InChI=1S/C15H18N2O2/c16-15(12-2-3-12)8-17(9-15)14(18)11-1-4-13-10(7-11)5-6-19-13/h1,4,7,12H,2-3,5-6,8-9,16H2. The lowest BCUT2D eigenvalue weighted by Crippen LogP contribution is -2.69. The zero-order chi connectivity index (χ0) is 13.0. The Morgan fingerprint density at radius 2 is 2.16 bits per heavy atom. The first kappa shape index (κ1) is 11.3. The molecule has 2 N–H and O–H groups in total. The maximum atomic E-state index is 12.4. The van der Waals surface area contributed by atoms with Crippen LogP contribution in [0.5, 0.6) is 5.75 Å². The van der Waals surface area contributed by atoms with Gasteiger partial charge in [-0.05, 0) is 42.5 Å².